The van der Waals surface area contributed by atoms with Crippen molar-refractivity contribution in [3.63, 3.8) is 0 Å². The van der Waals surface area contributed by atoms with Crippen LogP contribution in [0, 0.1) is 0 Å². The van der Waals surface area contributed by atoms with Crippen molar-refractivity contribution in [1.29, 1.82) is 0 Å². The molecular formula is C21H19N3O4S. The first-order valence-electron chi connectivity index (χ1n) is 8.98. The fourth-order valence-corrected chi connectivity index (χ4v) is 3.83. The summed E-state index contributed by atoms with van der Waals surface area (Å²) in [4.78, 5) is 12.9. The molecule has 3 aromatic rings. The Balaban J connectivity index is 1.65. The quantitative estimate of drug-likeness (QED) is 0.696. The fraction of sp³-hybridized carbons (Fsp3) is 0.143. The second-order valence-electron chi connectivity index (χ2n) is 6.76. The number of nitrogens with zero attached hydrogens (tertiary/aromatic N) is 2. The molecule has 0 bridgehead atoms. The lowest BCUT2D eigenvalue weighted by Crippen LogP contribution is -2.26. The lowest BCUT2D eigenvalue weighted by atomic mass is 9.98. The molecule has 1 aliphatic heterocycles. The van der Waals surface area contributed by atoms with Crippen molar-refractivity contribution in [2.24, 2.45) is 5.10 Å². The molecule has 2 heterocycles. The highest BCUT2D eigenvalue weighted by molar-refractivity contribution is 7.92. The summed E-state index contributed by atoms with van der Waals surface area (Å²) in [5.74, 6) is -0.0853. The first-order chi connectivity index (χ1) is 13.9. The lowest BCUT2D eigenvalue weighted by Gasteiger charge is -2.21. The second-order valence-corrected chi connectivity index (χ2v) is 8.50. The van der Waals surface area contributed by atoms with Crippen LogP contribution >= 0.6 is 0 Å². The molecule has 1 atom stereocenters. The summed E-state index contributed by atoms with van der Waals surface area (Å²) in [6, 6.07) is 19.6. The molecule has 4 rings (SSSR count). The second kappa shape index (κ2) is 7.56. The number of anilines is 1. The molecule has 1 N–H and O–H groups in total. The van der Waals surface area contributed by atoms with E-state index < -0.39 is 10.0 Å². The van der Waals surface area contributed by atoms with E-state index in [2.05, 4.69) is 9.82 Å². The van der Waals surface area contributed by atoms with E-state index in [9.17, 15) is 13.2 Å². The monoisotopic (exact) mass is 409 g/mol. The standard InChI is InChI=1S/C21H19N3O4S/c1-29(26,27)23-17-11-9-15(10-12-17)18-14-19(16-6-3-2-4-7-16)24(22-18)21(25)20-8-5-13-28-20/h2-13,19,23H,14H2,1H3. The van der Waals surface area contributed by atoms with Crippen LogP contribution in [0.5, 0.6) is 0 Å². The van der Waals surface area contributed by atoms with E-state index in [1.807, 2.05) is 30.3 Å². The van der Waals surface area contributed by atoms with Crippen LogP contribution in [0.15, 0.2) is 82.5 Å². The van der Waals surface area contributed by atoms with Gasteiger partial charge in [0.1, 0.15) is 0 Å². The molecule has 2 aromatic carbocycles. The molecule has 1 aliphatic rings. The van der Waals surface area contributed by atoms with E-state index in [0.29, 0.717) is 12.1 Å². The summed E-state index contributed by atoms with van der Waals surface area (Å²) in [6.45, 7) is 0. The van der Waals surface area contributed by atoms with Crippen molar-refractivity contribution in [3.05, 3.63) is 89.9 Å². The normalized spacial score (nSPS) is 16.5. The Hall–Kier alpha value is -3.39. The fourth-order valence-electron chi connectivity index (χ4n) is 3.26. The number of carbonyl (C=O) groups excluding carboxylic acids is 1. The first-order valence-corrected chi connectivity index (χ1v) is 10.9. The topological polar surface area (TPSA) is 92.0 Å². The molecule has 0 fully saturated rings. The number of amides is 1. The maximum Gasteiger partial charge on any atom is 0.310 e. The minimum absolute atomic E-state index is 0.226. The van der Waals surface area contributed by atoms with E-state index in [-0.39, 0.29) is 17.7 Å². The van der Waals surface area contributed by atoms with Gasteiger partial charge in [-0.25, -0.2) is 13.4 Å². The zero-order chi connectivity index (χ0) is 20.4. The maximum absolute atomic E-state index is 12.9. The third-order valence-electron chi connectivity index (χ3n) is 4.56. The highest BCUT2D eigenvalue weighted by Gasteiger charge is 2.34. The molecule has 29 heavy (non-hydrogen) atoms. The molecule has 0 saturated heterocycles. The Bertz CT molecular complexity index is 1140. The van der Waals surface area contributed by atoms with Crippen LogP contribution in [0.4, 0.5) is 5.69 Å². The molecule has 1 amide bonds. The third kappa shape index (κ3) is 4.22. The summed E-state index contributed by atoms with van der Waals surface area (Å²) in [5, 5.41) is 6.03. The van der Waals surface area contributed by atoms with Crippen LogP contribution in [0.1, 0.15) is 34.1 Å². The number of benzene rings is 2. The molecule has 1 aromatic heterocycles. The third-order valence-corrected chi connectivity index (χ3v) is 5.16. The Morgan fingerprint density at radius 3 is 2.41 bits per heavy atom. The number of rotatable bonds is 5. The predicted octanol–water partition coefficient (Wildman–Crippen LogP) is 3.64. The van der Waals surface area contributed by atoms with Gasteiger partial charge in [0.05, 0.1) is 24.3 Å². The van der Waals surface area contributed by atoms with E-state index in [1.165, 1.54) is 11.3 Å². The van der Waals surface area contributed by atoms with Gasteiger partial charge in [0, 0.05) is 12.1 Å². The predicted molar refractivity (Wildman–Crippen MR) is 110 cm³/mol. The van der Waals surface area contributed by atoms with Crippen molar-refractivity contribution < 1.29 is 17.6 Å². The van der Waals surface area contributed by atoms with Gasteiger partial charge in [-0.2, -0.15) is 5.10 Å². The van der Waals surface area contributed by atoms with Gasteiger partial charge in [0.15, 0.2) is 5.76 Å². The number of nitrogens with one attached hydrogen (secondary N) is 1. The summed E-state index contributed by atoms with van der Waals surface area (Å²) >= 11 is 0. The van der Waals surface area contributed by atoms with Gasteiger partial charge in [-0.15, -0.1) is 0 Å². The van der Waals surface area contributed by atoms with Gasteiger partial charge in [0.25, 0.3) is 0 Å². The zero-order valence-corrected chi connectivity index (χ0v) is 16.5. The molecular weight excluding hydrogens is 390 g/mol. The summed E-state index contributed by atoms with van der Waals surface area (Å²) < 4.78 is 30.5. The highest BCUT2D eigenvalue weighted by atomic mass is 32.2. The summed E-state index contributed by atoms with van der Waals surface area (Å²) in [5.41, 5.74) is 3.00. The summed E-state index contributed by atoms with van der Waals surface area (Å²) in [6.07, 6.45) is 3.10. The number of hydrogen-bond donors (Lipinski definition) is 1. The maximum atomic E-state index is 12.9. The van der Waals surface area contributed by atoms with Crippen LogP contribution < -0.4 is 4.72 Å². The number of hydrazone groups is 1. The minimum atomic E-state index is -3.34. The SMILES string of the molecule is CS(=O)(=O)Nc1ccc(C2=NN(C(=O)c3ccco3)C(c3ccccc3)C2)cc1. The molecule has 148 valence electrons. The number of furan rings is 1. The van der Waals surface area contributed by atoms with Crippen LogP contribution in [-0.4, -0.2) is 31.3 Å². The molecule has 1 unspecified atom stereocenters. The van der Waals surface area contributed by atoms with E-state index in [0.717, 1.165) is 23.1 Å². The Labute approximate surface area is 168 Å². The van der Waals surface area contributed by atoms with Gasteiger partial charge in [0.2, 0.25) is 10.0 Å². The van der Waals surface area contributed by atoms with E-state index in [4.69, 9.17) is 4.42 Å². The molecule has 0 saturated carbocycles. The van der Waals surface area contributed by atoms with Crippen LogP contribution in [0.25, 0.3) is 0 Å². The molecule has 7 nitrogen and oxygen atoms in total. The van der Waals surface area contributed by atoms with Crippen molar-refractivity contribution in [3.8, 4) is 0 Å². The lowest BCUT2D eigenvalue weighted by molar-refractivity contribution is 0.0678. The first kappa shape index (κ1) is 18.9. The van der Waals surface area contributed by atoms with Gasteiger partial charge >= 0.3 is 5.91 Å². The average molecular weight is 409 g/mol. The number of sulfonamides is 1. The Morgan fingerprint density at radius 2 is 1.79 bits per heavy atom. The largest absolute Gasteiger partial charge is 0.459 e. The van der Waals surface area contributed by atoms with Crippen molar-refractivity contribution in [1.82, 2.24) is 5.01 Å². The number of hydrogen-bond acceptors (Lipinski definition) is 5. The smallest absolute Gasteiger partial charge is 0.310 e. The van der Waals surface area contributed by atoms with Crippen LogP contribution in [0.3, 0.4) is 0 Å². The van der Waals surface area contributed by atoms with Gasteiger partial charge < -0.3 is 4.42 Å². The highest BCUT2D eigenvalue weighted by Crippen LogP contribution is 2.34. The van der Waals surface area contributed by atoms with Gasteiger partial charge in [-0.05, 0) is 35.4 Å². The van der Waals surface area contributed by atoms with Crippen LogP contribution in [-0.2, 0) is 10.0 Å². The average Bonchev–Trinajstić information content (AvgIpc) is 3.38. The van der Waals surface area contributed by atoms with Crippen molar-refractivity contribution in [2.75, 3.05) is 11.0 Å². The van der Waals surface area contributed by atoms with E-state index in [1.54, 1.807) is 36.4 Å². The zero-order valence-electron chi connectivity index (χ0n) is 15.6. The molecule has 0 spiro atoms. The van der Waals surface area contributed by atoms with Gasteiger partial charge in [-0.1, -0.05) is 42.5 Å². The molecule has 8 heteroatoms. The number of carbonyl (C=O) groups is 1. The van der Waals surface area contributed by atoms with Crippen LogP contribution in [0.2, 0.25) is 0 Å². The Kier molecular flexibility index (Phi) is 4.94. The molecule has 0 radical (unpaired) electrons. The minimum Gasteiger partial charge on any atom is -0.459 e. The summed E-state index contributed by atoms with van der Waals surface area (Å²) in [7, 11) is -3.34. The van der Waals surface area contributed by atoms with E-state index >= 15 is 0 Å². The van der Waals surface area contributed by atoms with Crippen molar-refractivity contribution >= 4 is 27.3 Å². The van der Waals surface area contributed by atoms with Crippen molar-refractivity contribution in [2.45, 2.75) is 12.5 Å². The Morgan fingerprint density at radius 1 is 1.07 bits per heavy atom. The van der Waals surface area contributed by atoms with Gasteiger partial charge in [-0.3, -0.25) is 9.52 Å². The molecule has 0 aliphatic carbocycles.